The number of carbonyl (C=O) groups excluding carboxylic acids is 1. The first kappa shape index (κ1) is 13.6. The maximum absolute atomic E-state index is 11.9. The van der Waals surface area contributed by atoms with Crippen LogP contribution in [0, 0.1) is 0 Å². The van der Waals surface area contributed by atoms with Gasteiger partial charge >= 0.3 is 0 Å². The van der Waals surface area contributed by atoms with Crippen molar-refractivity contribution in [3.8, 4) is 0 Å². The lowest BCUT2D eigenvalue weighted by atomic mass is 10.3. The summed E-state index contributed by atoms with van der Waals surface area (Å²) < 4.78 is 11.9. The number of nitrogens with two attached hydrogens (primary N) is 1. The molecule has 0 aromatic carbocycles. The average Bonchev–Trinajstić information content (AvgIpc) is 2.28. The molecule has 1 unspecified atom stereocenters. The lowest BCUT2D eigenvalue weighted by molar-refractivity contribution is -0.128. The Hall–Kier alpha value is -1.43. The summed E-state index contributed by atoms with van der Waals surface area (Å²) in [7, 11) is 0.197. The van der Waals surface area contributed by atoms with Gasteiger partial charge in [0, 0.05) is 19.3 Å². The first-order chi connectivity index (χ1) is 7.93. The van der Waals surface area contributed by atoms with E-state index in [0.29, 0.717) is 5.69 Å². The Bertz CT molecular complexity index is 434. The van der Waals surface area contributed by atoms with Crippen molar-refractivity contribution in [1.29, 1.82) is 0 Å². The van der Waals surface area contributed by atoms with Crippen molar-refractivity contribution in [3.05, 3.63) is 18.3 Å². The van der Waals surface area contributed by atoms with Crippen molar-refractivity contribution >= 4 is 22.4 Å². The average molecular weight is 255 g/mol. The van der Waals surface area contributed by atoms with Crippen LogP contribution in [0.1, 0.15) is 13.8 Å². The van der Waals surface area contributed by atoms with Crippen LogP contribution in [0.5, 0.6) is 0 Å². The molecule has 1 atom stereocenters. The van der Waals surface area contributed by atoms with E-state index >= 15 is 0 Å². The van der Waals surface area contributed by atoms with E-state index in [2.05, 4.69) is 4.98 Å². The predicted molar refractivity (Wildman–Crippen MR) is 67.8 cm³/mol. The Labute approximate surface area is 103 Å². The molecule has 0 aliphatic rings. The molecule has 0 fully saturated rings. The molecule has 0 saturated heterocycles. The summed E-state index contributed by atoms with van der Waals surface area (Å²) in [6.07, 6.45) is 1.51. The second-order valence-corrected chi connectivity index (χ2v) is 5.35. The van der Waals surface area contributed by atoms with Gasteiger partial charge in [-0.1, -0.05) is 0 Å². The fourth-order valence-electron chi connectivity index (χ4n) is 1.16. The summed E-state index contributed by atoms with van der Waals surface area (Å²) in [5.74, 6) is -0.265. The Morgan fingerprint density at radius 2 is 2.24 bits per heavy atom. The molecule has 0 radical (unpaired) electrons. The minimum Gasteiger partial charge on any atom is -0.396 e. The topological polar surface area (TPSA) is 76.3 Å². The zero-order chi connectivity index (χ0) is 13.0. The summed E-state index contributed by atoms with van der Waals surface area (Å²) in [6, 6.07) is 3.37. The molecule has 0 saturated carbocycles. The van der Waals surface area contributed by atoms with Gasteiger partial charge in [-0.05, 0) is 26.0 Å². The number of rotatable bonds is 4. The fraction of sp³-hybridized carbons (Fsp3) is 0.455. The Kier molecular flexibility index (Phi) is 4.62. The first-order valence-electron chi connectivity index (χ1n) is 5.28. The normalized spacial score (nSPS) is 12.5. The van der Waals surface area contributed by atoms with Gasteiger partial charge in [0.25, 0.3) is 0 Å². The van der Waals surface area contributed by atoms with Gasteiger partial charge in [-0.15, -0.1) is 0 Å². The van der Waals surface area contributed by atoms with E-state index in [4.69, 9.17) is 5.73 Å². The Morgan fingerprint density at radius 3 is 2.76 bits per heavy atom. The first-order valence-corrected chi connectivity index (χ1v) is 6.60. The number of carbonyl (C=O) groups is 1. The van der Waals surface area contributed by atoms with Crippen LogP contribution in [0.15, 0.2) is 23.4 Å². The Balaban J connectivity index is 2.74. The van der Waals surface area contributed by atoms with Crippen molar-refractivity contribution in [2.45, 2.75) is 24.9 Å². The number of pyridine rings is 1. The number of amides is 1. The van der Waals surface area contributed by atoms with Crippen molar-refractivity contribution in [1.82, 2.24) is 9.88 Å². The van der Waals surface area contributed by atoms with E-state index in [9.17, 15) is 9.00 Å². The summed E-state index contributed by atoms with van der Waals surface area (Å²) >= 11 is 0. The van der Waals surface area contributed by atoms with E-state index in [1.54, 1.807) is 24.1 Å². The highest BCUT2D eigenvalue weighted by Crippen LogP contribution is 2.12. The third-order valence-electron chi connectivity index (χ3n) is 2.44. The van der Waals surface area contributed by atoms with E-state index in [-0.39, 0.29) is 22.7 Å². The predicted octanol–water partition coefficient (Wildman–Crippen LogP) is 0.638. The van der Waals surface area contributed by atoms with E-state index in [1.807, 2.05) is 13.8 Å². The molecule has 2 N–H and O–H groups in total. The highest BCUT2D eigenvalue weighted by Gasteiger charge is 2.18. The molecular weight excluding hydrogens is 238 g/mol. The van der Waals surface area contributed by atoms with Gasteiger partial charge in [-0.25, -0.2) is 4.98 Å². The molecule has 0 spiro atoms. The smallest absolute Gasteiger partial charge is 0.235 e. The molecule has 1 aromatic heterocycles. The minimum absolute atomic E-state index is 0.0839. The lowest BCUT2D eigenvalue weighted by Crippen LogP contribution is -2.36. The van der Waals surface area contributed by atoms with Crippen LogP contribution in [0.2, 0.25) is 0 Å². The molecule has 94 valence electrons. The lowest BCUT2D eigenvalue weighted by Gasteiger charge is -2.21. The zero-order valence-electron chi connectivity index (χ0n) is 10.2. The van der Waals surface area contributed by atoms with Crippen molar-refractivity contribution < 1.29 is 9.00 Å². The minimum atomic E-state index is -1.49. The number of aromatic nitrogens is 1. The third-order valence-corrected chi connectivity index (χ3v) is 3.72. The largest absolute Gasteiger partial charge is 0.396 e. The monoisotopic (exact) mass is 255 g/mol. The van der Waals surface area contributed by atoms with Gasteiger partial charge in [0.15, 0.2) is 5.03 Å². The molecule has 1 rings (SSSR count). The highest BCUT2D eigenvalue weighted by molar-refractivity contribution is 7.85. The highest BCUT2D eigenvalue weighted by atomic mass is 32.2. The van der Waals surface area contributed by atoms with Crippen LogP contribution in [-0.4, -0.2) is 38.8 Å². The number of hydrogen-bond acceptors (Lipinski definition) is 4. The van der Waals surface area contributed by atoms with Crippen LogP contribution in [0.4, 0.5) is 5.69 Å². The second kappa shape index (κ2) is 5.77. The quantitative estimate of drug-likeness (QED) is 0.856. The van der Waals surface area contributed by atoms with Crippen LogP contribution in [0.3, 0.4) is 0 Å². The fourth-order valence-corrected chi connectivity index (χ4v) is 2.24. The standard InChI is InChI=1S/C11H17N3O2S/c1-8(2)14(3)10(15)7-17(16)11-9(12)5-4-6-13-11/h4-6,8H,7,12H2,1-3H3. The molecule has 0 aliphatic heterocycles. The van der Waals surface area contributed by atoms with Crippen LogP contribution < -0.4 is 5.73 Å². The second-order valence-electron chi connectivity index (χ2n) is 3.99. The molecule has 0 aliphatic carbocycles. The van der Waals surface area contributed by atoms with E-state index in [1.165, 1.54) is 6.20 Å². The van der Waals surface area contributed by atoms with Gasteiger partial charge < -0.3 is 10.6 Å². The van der Waals surface area contributed by atoms with Crippen LogP contribution >= 0.6 is 0 Å². The van der Waals surface area contributed by atoms with Crippen LogP contribution in [0.25, 0.3) is 0 Å². The van der Waals surface area contributed by atoms with Crippen molar-refractivity contribution in [3.63, 3.8) is 0 Å². The summed E-state index contributed by atoms with van der Waals surface area (Å²) in [4.78, 5) is 17.2. The van der Waals surface area contributed by atoms with E-state index < -0.39 is 10.8 Å². The van der Waals surface area contributed by atoms with Gasteiger partial charge in [0.1, 0.15) is 5.75 Å². The number of nitrogens with zero attached hydrogens (tertiary/aromatic N) is 2. The van der Waals surface area contributed by atoms with Gasteiger partial charge in [-0.2, -0.15) is 0 Å². The van der Waals surface area contributed by atoms with E-state index in [0.717, 1.165) is 0 Å². The maximum Gasteiger partial charge on any atom is 0.235 e. The maximum atomic E-state index is 11.9. The summed E-state index contributed by atoms with van der Waals surface area (Å²) in [5.41, 5.74) is 6.01. The number of anilines is 1. The zero-order valence-corrected chi connectivity index (χ0v) is 11.0. The van der Waals surface area contributed by atoms with Crippen LogP contribution in [-0.2, 0) is 15.6 Å². The molecule has 1 heterocycles. The van der Waals surface area contributed by atoms with Crippen molar-refractivity contribution in [2.24, 2.45) is 0 Å². The van der Waals surface area contributed by atoms with Gasteiger partial charge in [-0.3, -0.25) is 9.00 Å². The van der Waals surface area contributed by atoms with Crippen molar-refractivity contribution in [2.75, 3.05) is 18.5 Å². The molecule has 6 heteroatoms. The molecule has 17 heavy (non-hydrogen) atoms. The number of nitrogen functional groups attached to an aromatic ring is 1. The Morgan fingerprint density at radius 1 is 1.59 bits per heavy atom. The number of hydrogen-bond donors (Lipinski definition) is 1. The van der Waals surface area contributed by atoms with Gasteiger partial charge in [0.05, 0.1) is 16.5 Å². The molecular formula is C11H17N3O2S. The molecule has 0 bridgehead atoms. The molecule has 1 amide bonds. The molecule has 1 aromatic rings. The molecule has 5 nitrogen and oxygen atoms in total. The summed E-state index contributed by atoms with van der Waals surface area (Å²) in [5, 5.41) is 0.276. The third kappa shape index (κ3) is 3.52. The van der Waals surface area contributed by atoms with Gasteiger partial charge in [0.2, 0.25) is 5.91 Å². The SMILES string of the molecule is CC(C)N(C)C(=O)CS(=O)c1ncccc1N. The summed E-state index contributed by atoms with van der Waals surface area (Å²) in [6.45, 7) is 3.80.